The number of benzene rings is 3. The number of fused-ring (bicyclic) bond motifs is 1. The zero-order chi connectivity index (χ0) is 38.0. The lowest BCUT2D eigenvalue weighted by Gasteiger charge is -2.36. The van der Waals surface area contributed by atoms with E-state index in [0.717, 1.165) is 16.5 Å². The topological polar surface area (TPSA) is 107 Å². The molecular weight excluding hydrogens is 760 g/mol. The van der Waals surface area contributed by atoms with Crippen LogP contribution in [0, 0.1) is 17.8 Å². The average molecular weight is 797 g/mol. The van der Waals surface area contributed by atoms with Crippen molar-refractivity contribution in [3.63, 3.8) is 0 Å². The molecule has 0 bridgehead atoms. The maximum atomic E-state index is 14.0. The lowest BCUT2D eigenvalue weighted by molar-refractivity contribution is -0.143. The van der Waals surface area contributed by atoms with E-state index in [4.69, 9.17) is 4.74 Å². The molecule has 7 nitrogen and oxygen atoms in total. The van der Waals surface area contributed by atoms with Gasteiger partial charge in [0.1, 0.15) is 18.1 Å². The molecule has 0 spiro atoms. The Labute approximate surface area is 304 Å². The standard InChI is InChI=1S/C38H36BrF6NO6/c1-2-6-21(13-22-14-26(39)10-12-31(22)48)9-11-32(49)33-23(20-52-28-7-4-3-5-8-28)15-29-34(30(33)19-47)36(51)46(35(29)50)27-17-24(37(40,41)42)16-25(18-27)38(43,44)45/h3-5,7-8,10,12-14,16-18,29-30,32,34,47-49H,2,6,9,11,15,19-20H2,1H3/b21-13+/t29-,30+,32-,34-/m1/s1. The van der Waals surface area contributed by atoms with Gasteiger partial charge in [-0.2, -0.15) is 26.3 Å². The highest BCUT2D eigenvalue weighted by Gasteiger charge is 2.56. The number of carbonyl (C=O) groups excluding carboxylic acids is 2. The van der Waals surface area contributed by atoms with Crippen LogP contribution < -0.4 is 9.64 Å². The van der Waals surface area contributed by atoms with Crippen LogP contribution in [-0.2, 0) is 21.9 Å². The van der Waals surface area contributed by atoms with Gasteiger partial charge >= 0.3 is 12.4 Å². The summed E-state index contributed by atoms with van der Waals surface area (Å²) in [5.41, 5.74) is -2.23. The number of hydrogen-bond donors (Lipinski definition) is 3. The molecule has 1 heterocycles. The number of imide groups is 1. The van der Waals surface area contributed by atoms with Crippen LogP contribution in [0.4, 0.5) is 32.0 Å². The Hall–Kier alpha value is -4.14. The fourth-order valence-corrected chi connectivity index (χ4v) is 7.41. The number of allylic oxidation sites excluding steroid dienone is 1. The van der Waals surface area contributed by atoms with Gasteiger partial charge < -0.3 is 20.1 Å². The smallest absolute Gasteiger partial charge is 0.416 e. The number of carbonyl (C=O) groups is 2. The maximum absolute atomic E-state index is 14.0. The van der Waals surface area contributed by atoms with Gasteiger partial charge in [-0.15, -0.1) is 0 Å². The third-order valence-corrected chi connectivity index (χ3v) is 9.88. The molecule has 278 valence electrons. The fraction of sp³-hybridized carbons (Fsp3) is 0.368. The molecule has 2 aliphatic rings. The first kappa shape index (κ1) is 39.1. The second-order valence-corrected chi connectivity index (χ2v) is 13.8. The molecule has 5 rings (SSSR count). The predicted octanol–water partition coefficient (Wildman–Crippen LogP) is 8.71. The van der Waals surface area contributed by atoms with E-state index in [1.54, 1.807) is 42.5 Å². The van der Waals surface area contributed by atoms with E-state index >= 15 is 0 Å². The van der Waals surface area contributed by atoms with Crippen molar-refractivity contribution in [2.45, 2.75) is 57.5 Å². The number of anilines is 1. The van der Waals surface area contributed by atoms with Crippen molar-refractivity contribution in [1.82, 2.24) is 0 Å². The monoisotopic (exact) mass is 795 g/mol. The summed E-state index contributed by atoms with van der Waals surface area (Å²) in [5, 5.41) is 32.9. The quantitative estimate of drug-likeness (QED) is 0.0963. The number of aliphatic hydroxyl groups is 2. The Morgan fingerprint density at radius 3 is 2.21 bits per heavy atom. The lowest BCUT2D eigenvalue weighted by atomic mass is 9.68. The first-order chi connectivity index (χ1) is 24.5. The molecule has 3 aromatic carbocycles. The summed E-state index contributed by atoms with van der Waals surface area (Å²) in [6.07, 6.45) is -8.33. The fourth-order valence-electron chi connectivity index (χ4n) is 7.03. The van der Waals surface area contributed by atoms with Crippen LogP contribution in [0.5, 0.6) is 11.5 Å². The molecule has 1 aliphatic carbocycles. The molecule has 1 aliphatic heterocycles. The highest BCUT2D eigenvalue weighted by Crippen LogP contribution is 2.49. The SMILES string of the molecule is CCC/C(=C\c1cc(Br)ccc1O)CC[C@@H](O)C1=C(COc2ccccc2)C[C@H]2C(=O)N(c3cc(C(F)(F)F)cc(C(F)(F)F)c3)C(=O)[C@H]2[C@H]1CO. The van der Waals surface area contributed by atoms with Crippen LogP contribution in [0.2, 0.25) is 0 Å². The van der Waals surface area contributed by atoms with E-state index in [2.05, 4.69) is 15.9 Å². The highest BCUT2D eigenvalue weighted by molar-refractivity contribution is 9.10. The molecule has 4 atom stereocenters. The summed E-state index contributed by atoms with van der Waals surface area (Å²) in [5.74, 6) is -5.45. The molecule has 52 heavy (non-hydrogen) atoms. The van der Waals surface area contributed by atoms with Crippen molar-refractivity contribution in [3.05, 3.63) is 105 Å². The van der Waals surface area contributed by atoms with Gasteiger partial charge in [-0.25, -0.2) is 4.90 Å². The molecule has 1 fully saturated rings. The van der Waals surface area contributed by atoms with Crippen LogP contribution in [-0.4, -0.2) is 46.5 Å². The number of aliphatic hydroxyl groups excluding tert-OH is 2. The predicted molar refractivity (Wildman–Crippen MR) is 184 cm³/mol. The highest BCUT2D eigenvalue weighted by atomic mass is 79.9. The normalized spacial score (nSPS) is 20.4. The molecule has 3 N–H and O–H groups in total. The minimum atomic E-state index is -5.22. The molecule has 2 amide bonds. The number of aromatic hydroxyl groups is 1. The third-order valence-electron chi connectivity index (χ3n) is 9.39. The minimum Gasteiger partial charge on any atom is -0.507 e. The number of halogens is 7. The minimum absolute atomic E-state index is 0.0520. The number of alkyl halides is 6. The van der Waals surface area contributed by atoms with E-state index < -0.39 is 71.4 Å². The molecule has 0 saturated carbocycles. The van der Waals surface area contributed by atoms with Crippen molar-refractivity contribution in [2.75, 3.05) is 18.1 Å². The molecule has 3 aromatic rings. The molecule has 0 aromatic heterocycles. The van der Waals surface area contributed by atoms with Gasteiger partial charge in [0.2, 0.25) is 11.8 Å². The van der Waals surface area contributed by atoms with E-state index in [0.29, 0.717) is 46.8 Å². The number of amides is 2. The lowest BCUT2D eigenvalue weighted by Crippen LogP contribution is -2.40. The van der Waals surface area contributed by atoms with E-state index in [1.165, 1.54) is 6.07 Å². The molecule has 1 saturated heterocycles. The van der Waals surface area contributed by atoms with Crippen LogP contribution in [0.1, 0.15) is 55.7 Å². The Morgan fingerprint density at radius 2 is 1.62 bits per heavy atom. The zero-order valence-electron chi connectivity index (χ0n) is 27.8. The van der Waals surface area contributed by atoms with Crippen LogP contribution in [0.25, 0.3) is 6.08 Å². The first-order valence-corrected chi connectivity index (χ1v) is 17.4. The summed E-state index contributed by atoms with van der Waals surface area (Å²) in [6.45, 7) is 1.03. The van der Waals surface area contributed by atoms with Crippen LogP contribution in [0.3, 0.4) is 0 Å². The zero-order valence-corrected chi connectivity index (χ0v) is 29.4. The molecule has 0 unspecified atom stereocenters. The maximum Gasteiger partial charge on any atom is 0.416 e. The number of rotatable bonds is 12. The number of phenolic OH excluding ortho intramolecular Hbond substituents is 1. The Balaban J connectivity index is 1.52. The van der Waals surface area contributed by atoms with Crippen LogP contribution >= 0.6 is 15.9 Å². The number of ether oxygens (including phenoxy) is 1. The van der Waals surface area contributed by atoms with E-state index in [-0.39, 0.29) is 36.8 Å². The van der Waals surface area contributed by atoms with Crippen molar-refractivity contribution < 1.29 is 56.0 Å². The summed E-state index contributed by atoms with van der Waals surface area (Å²) in [4.78, 5) is 28.1. The molecular formula is C38H36BrF6NO6. The largest absolute Gasteiger partial charge is 0.507 e. The number of phenols is 1. The number of nitrogens with zero attached hydrogens (tertiary/aromatic N) is 1. The third kappa shape index (κ3) is 8.56. The summed E-state index contributed by atoms with van der Waals surface area (Å²) < 4.78 is 89.1. The average Bonchev–Trinajstić information content (AvgIpc) is 3.34. The van der Waals surface area contributed by atoms with Gasteiger partial charge in [0, 0.05) is 16.0 Å². The summed E-state index contributed by atoms with van der Waals surface area (Å²) in [7, 11) is 0. The van der Waals surface area contributed by atoms with Crippen molar-refractivity contribution >= 4 is 39.5 Å². The number of para-hydroxylation sites is 1. The van der Waals surface area contributed by atoms with Gasteiger partial charge in [-0.1, -0.05) is 59.1 Å². The number of hydrogen-bond acceptors (Lipinski definition) is 6. The van der Waals surface area contributed by atoms with Gasteiger partial charge in [-0.05, 0) is 85.4 Å². The van der Waals surface area contributed by atoms with Crippen molar-refractivity contribution in [2.24, 2.45) is 17.8 Å². The second kappa shape index (κ2) is 15.8. The summed E-state index contributed by atoms with van der Waals surface area (Å²) in [6, 6.07) is 14.1. The summed E-state index contributed by atoms with van der Waals surface area (Å²) >= 11 is 3.39. The van der Waals surface area contributed by atoms with E-state index in [9.17, 15) is 51.3 Å². The van der Waals surface area contributed by atoms with Crippen LogP contribution in [0.15, 0.2) is 87.9 Å². The van der Waals surface area contributed by atoms with Crippen molar-refractivity contribution in [3.8, 4) is 11.5 Å². The van der Waals surface area contributed by atoms with Crippen molar-refractivity contribution in [1.29, 1.82) is 0 Å². The van der Waals surface area contributed by atoms with Gasteiger partial charge in [-0.3, -0.25) is 9.59 Å². The van der Waals surface area contributed by atoms with Gasteiger partial charge in [0.05, 0.1) is 41.4 Å². The Morgan fingerprint density at radius 1 is 0.962 bits per heavy atom. The molecule has 0 radical (unpaired) electrons. The molecule has 14 heteroatoms. The second-order valence-electron chi connectivity index (χ2n) is 12.9. The Bertz CT molecular complexity index is 1830. The van der Waals surface area contributed by atoms with Gasteiger partial charge in [0.25, 0.3) is 0 Å². The first-order valence-electron chi connectivity index (χ1n) is 16.6. The Kier molecular flexibility index (Phi) is 11.9. The van der Waals surface area contributed by atoms with E-state index in [1.807, 2.05) is 13.0 Å². The van der Waals surface area contributed by atoms with Gasteiger partial charge in [0.15, 0.2) is 0 Å².